The first-order valence-corrected chi connectivity index (χ1v) is 7.94. The van der Waals surface area contributed by atoms with Gasteiger partial charge in [-0.05, 0) is 37.6 Å². The molecule has 1 heterocycles. The Bertz CT molecular complexity index is 455. The van der Waals surface area contributed by atoms with Crippen molar-refractivity contribution in [2.75, 3.05) is 40.0 Å². The summed E-state index contributed by atoms with van der Waals surface area (Å²) in [6.45, 7) is 6.14. The van der Waals surface area contributed by atoms with Gasteiger partial charge in [-0.25, -0.2) is 0 Å². The molecule has 0 bridgehead atoms. The second kappa shape index (κ2) is 8.76. The van der Waals surface area contributed by atoms with E-state index in [1.165, 1.54) is 0 Å². The smallest absolute Gasteiger partial charge is 0.227 e. The molecule has 1 N–H and O–H groups in total. The number of carbonyl (C=O) groups excluding carboxylic acids is 1. The predicted octanol–water partition coefficient (Wildman–Crippen LogP) is 1.67. The summed E-state index contributed by atoms with van der Waals surface area (Å²) in [4.78, 5) is 14.5. The van der Waals surface area contributed by atoms with Crippen LogP contribution < -0.4 is 10.1 Å². The van der Waals surface area contributed by atoms with Gasteiger partial charge in [0.2, 0.25) is 5.91 Å². The molecule has 1 atom stereocenters. The zero-order chi connectivity index (χ0) is 15.8. The molecule has 5 nitrogen and oxygen atoms in total. The summed E-state index contributed by atoms with van der Waals surface area (Å²) >= 11 is 0. The Morgan fingerprint density at radius 3 is 2.73 bits per heavy atom. The molecular weight excluding hydrogens is 280 g/mol. The summed E-state index contributed by atoms with van der Waals surface area (Å²) in [5.41, 5.74) is 1.11. The number of nitrogens with one attached hydrogen (secondary N) is 1. The maximum atomic E-state index is 12.6. The van der Waals surface area contributed by atoms with Crippen LogP contribution in [0.5, 0.6) is 5.75 Å². The van der Waals surface area contributed by atoms with Gasteiger partial charge in [0.1, 0.15) is 5.75 Å². The fourth-order valence-electron chi connectivity index (χ4n) is 2.67. The van der Waals surface area contributed by atoms with Gasteiger partial charge in [-0.1, -0.05) is 12.1 Å². The van der Waals surface area contributed by atoms with E-state index in [0.29, 0.717) is 26.3 Å². The summed E-state index contributed by atoms with van der Waals surface area (Å²) in [7, 11) is 1.66. The molecule has 0 saturated carbocycles. The molecule has 0 radical (unpaired) electrons. The summed E-state index contributed by atoms with van der Waals surface area (Å²) in [5.74, 6) is 1.18. The average molecular weight is 306 g/mol. The Morgan fingerprint density at radius 1 is 1.36 bits per heavy atom. The highest BCUT2D eigenvalue weighted by molar-refractivity contribution is 5.79. The van der Waals surface area contributed by atoms with Crippen LogP contribution in [0.2, 0.25) is 0 Å². The van der Waals surface area contributed by atoms with Gasteiger partial charge in [0, 0.05) is 26.7 Å². The van der Waals surface area contributed by atoms with Gasteiger partial charge in [0.15, 0.2) is 0 Å². The van der Waals surface area contributed by atoms with E-state index in [0.717, 1.165) is 30.8 Å². The van der Waals surface area contributed by atoms with Crippen LogP contribution in [0.25, 0.3) is 0 Å². The molecule has 1 aliphatic heterocycles. The first kappa shape index (κ1) is 16.8. The van der Waals surface area contributed by atoms with Gasteiger partial charge in [-0.3, -0.25) is 4.79 Å². The lowest BCUT2D eigenvalue weighted by atomic mass is 10.1. The SMILES string of the molecule is CCOc1ccc(CN(CCOC)C(=O)[C@H]2CCNC2)cc1. The lowest BCUT2D eigenvalue weighted by molar-refractivity contribution is -0.136. The molecule has 1 aromatic carbocycles. The number of benzene rings is 1. The molecule has 22 heavy (non-hydrogen) atoms. The molecule has 0 spiro atoms. The van der Waals surface area contributed by atoms with Gasteiger partial charge < -0.3 is 19.7 Å². The van der Waals surface area contributed by atoms with E-state index < -0.39 is 0 Å². The number of rotatable bonds is 8. The van der Waals surface area contributed by atoms with Gasteiger partial charge >= 0.3 is 0 Å². The van der Waals surface area contributed by atoms with E-state index in [1.54, 1.807) is 7.11 Å². The summed E-state index contributed by atoms with van der Waals surface area (Å²) < 4.78 is 10.6. The maximum Gasteiger partial charge on any atom is 0.227 e. The van der Waals surface area contributed by atoms with Crippen LogP contribution in [0.3, 0.4) is 0 Å². The van der Waals surface area contributed by atoms with Gasteiger partial charge in [-0.2, -0.15) is 0 Å². The van der Waals surface area contributed by atoms with Crippen LogP contribution in [0.4, 0.5) is 0 Å². The molecule has 0 aliphatic carbocycles. The molecule has 1 aliphatic rings. The number of hydrogen-bond acceptors (Lipinski definition) is 4. The highest BCUT2D eigenvalue weighted by atomic mass is 16.5. The van der Waals surface area contributed by atoms with Crippen molar-refractivity contribution in [2.24, 2.45) is 5.92 Å². The van der Waals surface area contributed by atoms with Crippen LogP contribution in [-0.2, 0) is 16.1 Å². The first-order valence-electron chi connectivity index (χ1n) is 7.94. The van der Waals surface area contributed by atoms with E-state index in [4.69, 9.17) is 9.47 Å². The van der Waals surface area contributed by atoms with Crippen LogP contribution in [-0.4, -0.2) is 50.8 Å². The van der Waals surface area contributed by atoms with Crippen molar-refractivity contribution in [3.63, 3.8) is 0 Å². The molecule has 1 amide bonds. The average Bonchev–Trinajstić information content (AvgIpc) is 3.07. The minimum absolute atomic E-state index is 0.0968. The fraction of sp³-hybridized carbons (Fsp3) is 0.588. The predicted molar refractivity (Wildman–Crippen MR) is 85.9 cm³/mol. The quantitative estimate of drug-likeness (QED) is 0.794. The Kier molecular flexibility index (Phi) is 6.68. The van der Waals surface area contributed by atoms with Crippen LogP contribution in [0.1, 0.15) is 18.9 Å². The van der Waals surface area contributed by atoms with Crippen LogP contribution in [0.15, 0.2) is 24.3 Å². The van der Waals surface area contributed by atoms with Crippen molar-refractivity contribution in [2.45, 2.75) is 19.9 Å². The molecule has 1 aromatic rings. The normalized spacial score (nSPS) is 17.5. The minimum atomic E-state index is 0.0968. The van der Waals surface area contributed by atoms with E-state index in [2.05, 4.69) is 5.32 Å². The third kappa shape index (κ3) is 4.71. The molecule has 1 saturated heterocycles. The third-order valence-corrected chi connectivity index (χ3v) is 3.89. The van der Waals surface area contributed by atoms with Gasteiger partial charge in [-0.15, -0.1) is 0 Å². The maximum absolute atomic E-state index is 12.6. The van der Waals surface area contributed by atoms with Gasteiger partial charge in [0.25, 0.3) is 0 Å². The van der Waals surface area contributed by atoms with Crippen LogP contribution >= 0.6 is 0 Å². The Balaban J connectivity index is 1.99. The zero-order valence-electron chi connectivity index (χ0n) is 13.5. The van der Waals surface area contributed by atoms with E-state index >= 15 is 0 Å². The molecule has 2 rings (SSSR count). The molecule has 0 unspecified atom stereocenters. The van der Waals surface area contributed by atoms with Crippen molar-refractivity contribution in [1.82, 2.24) is 10.2 Å². The van der Waals surface area contributed by atoms with E-state index in [-0.39, 0.29) is 11.8 Å². The van der Waals surface area contributed by atoms with Crippen LogP contribution in [0, 0.1) is 5.92 Å². The zero-order valence-corrected chi connectivity index (χ0v) is 13.5. The van der Waals surface area contributed by atoms with Crippen molar-refractivity contribution < 1.29 is 14.3 Å². The molecule has 5 heteroatoms. The Labute approximate surface area is 132 Å². The summed E-state index contributed by atoms with van der Waals surface area (Å²) in [6.07, 6.45) is 0.922. The Morgan fingerprint density at radius 2 is 2.14 bits per heavy atom. The summed E-state index contributed by atoms with van der Waals surface area (Å²) in [6, 6.07) is 7.94. The second-order valence-electron chi connectivity index (χ2n) is 5.52. The second-order valence-corrected chi connectivity index (χ2v) is 5.52. The number of carbonyl (C=O) groups is 1. The van der Waals surface area contributed by atoms with Crippen molar-refractivity contribution in [3.8, 4) is 5.75 Å². The van der Waals surface area contributed by atoms with Crippen molar-refractivity contribution in [1.29, 1.82) is 0 Å². The number of ether oxygens (including phenoxy) is 2. The Hall–Kier alpha value is -1.59. The standard InChI is InChI=1S/C17H26N2O3/c1-3-22-16-6-4-14(5-7-16)13-19(10-11-21-2)17(20)15-8-9-18-12-15/h4-7,15,18H,3,8-13H2,1-2H3/t15-/m0/s1. The topological polar surface area (TPSA) is 50.8 Å². The lowest BCUT2D eigenvalue weighted by Gasteiger charge is -2.25. The number of methoxy groups -OCH3 is 1. The third-order valence-electron chi connectivity index (χ3n) is 3.89. The largest absolute Gasteiger partial charge is 0.494 e. The molecular formula is C17H26N2O3. The number of nitrogens with zero attached hydrogens (tertiary/aromatic N) is 1. The first-order chi connectivity index (χ1) is 10.7. The molecule has 122 valence electrons. The lowest BCUT2D eigenvalue weighted by Crippen LogP contribution is -2.38. The van der Waals surface area contributed by atoms with E-state index in [1.807, 2.05) is 36.1 Å². The summed E-state index contributed by atoms with van der Waals surface area (Å²) in [5, 5.41) is 3.25. The molecule has 1 fully saturated rings. The molecule has 0 aromatic heterocycles. The minimum Gasteiger partial charge on any atom is -0.494 e. The van der Waals surface area contributed by atoms with E-state index in [9.17, 15) is 4.79 Å². The number of hydrogen-bond donors (Lipinski definition) is 1. The van der Waals surface area contributed by atoms with Crippen molar-refractivity contribution >= 4 is 5.91 Å². The highest BCUT2D eigenvalue weighted by Crippen LogP contribution is 2.17. The van der Waals surface area contributed by atoms with Gasteiger partial charge in [0.05, 0.1) is 19.1 Å². The fourth-order valence-corrected chi connectivity index (χ4v) is 2.67. The monoisotopic (exact) mass is 306 g/mol. The highest BCUT2D eigenvalue weighted by Gasteiger charge is 2.26. The number of amides is 1. The van der Waals surface area contributed by atoms with Crippen molar-refractivity contribution in [3.05, 3.63) is 29.8 Å².